The number of carbonyl (C=O) groups is 1. The van der Waals surface area contributed by atoms with Crippen LogP contribution in [-0.4, -0.2) is 40.2 Å². The van der Waals surface area contributed by atoms with Gasteiger partial charge < -0.3 is 15.0 Å². The molecule has 4 rings (SSSR count). The van der Waals surface area contributed by atoms with E-state index in [-0.39, 0.29) is 18.2 Å². The Morgan fingerprint density at radius 1 is 1.24 bits per heavy atom. The summed E-state index contributed by atoms with van der Waals surface area (Å²) in [4.78, 5) is 18.8. The zero-order chi connectivity index (χ0) is 17.6. The van der Waals surface area contributed by atoms with E-state index in [0.717, 1.165) is 30.5 Å². The first-order valence-corrected chi connectivity index (χ1v) is 8.99. The third kappa shape index (κ3) is 3.15. The Bertz CT molecular complexity index is 794. The summed E-state index contributed by atoms with van der Waals surface area (Å²) in [5.41, 5.74) is 0.585. The molecule has 1 aromatic carbocycles. The van der Waals surface area contributed by atoms with Gasteiger partial charge in [0.2, 0.25) is 0 Å². The summed E-state index contributed by atoms with van der Waals surface area (Å²) in [7, 11) is 0. The minimum Gasteiger partial charge on any atom is -0.444 e. The molecule has 5 heteroatoms. The Hall–Kier alpha value is -2.30. The molecule has 2 bridgehead atoms. The number of rotatable bonds is 2. The number of nitrogens with one attached hydrogen (secondary N) is 1. The molecule has 1 aliphatic heterocycles. The molecule has 2 aromatic rings. The fourth-order valence-corrected chi connectivity index (χ4v) is 4.14. The van der Waals surface area contributed by atoms with Crippen molar-refractivity contribution in [3.05, 3.63) is 36.7 Å². The molecule has 25 heavy (non-hydrogen) atoms. The molecule has 3 atom stereocenters. The van der Waals surface area contributed by atoms with Gasteiger partial charge in [-0.25, -0.2) is 4.79 Å². The van der Waals surface area contributed by atoms with Crippen LogP contribution in [0.5, 0.6) is 0 Å². The minimum atomic E-state index is -0.457. The summed E-state index contributed by atoms with van der Waals surface area (Å²) in [6.07, 6.45) is 5.71. The molecule has 0 radical (unpaired) electrons. The number of benzene rings is 1. The van der Waals surface area contributed by atoms with Crippen LogP contribution in [-0.2, 0) is 4.74 Å². The number of aromatic nitrogens is 1. The van der Waals surface area contributed by atoms with Crippen LogP contribution in [0.3, 0.4) is 0 Å². The predicted octanol–water partition coefficient (Wildman–Crippen LogP) is 4.04. The first kappa shape index (κ1) is 16.2. The van der Waals surface area contributed by atoms with Gasteiger partial charge in [0.05, 0.1) is 17.9 Å². The van der Waals surface area contributed by atoms with Crippen LogP contribution < -0.4 is 5.32 Å². The molecule has 0 spiro atoms. The summed E-state index contributed by atoms with van der Waals surface area (Å²) in [6.45, 7) is 6.55. The molecule has 2 fully saturated rings. The van der Waals surface area contributed by atoms with Crippen molar-refractivity contribution in [1.82, 2.24) is 9.88 Å². The number of piperidine rings is 1. The highest BCUT2D eigenvalue weighted by Gasteiger charge is 2.48. The normalized spacial score (nSPS) is 25.4. The van der Waals surface area contributed by atoms with E-state index >= 15 is 0 Å². The number of amides is 1. The second kappa shape index (κ2) is 5.90. The maximum atomic E-state index is 12.5. The van der Waals surface area contributed by atoms with Gasteiger partial charge in [0.15, 0.2) is 0 Å². The molecular weight excluding hydrogens is 314 g/mol. The minimum absolute atomic E-state index is 0.192. The zero-order valence-electron chi connectivity index (χ0n) is 15.0. The largest absolute Gasteiger partial charge is 0.444 e. The van der Waals surface area contributed by atoms with E-state index in [9.17, 15) is 4.79 Å². The van der Waals surface area contributed by atoms with Crippen LogP contribution in [0.4, 0.5) is 10.5 Å². The number of carbonyl (C=O) groups excluding carboxylic acids is 1. The first-order valence-electron chi connectivity index (χ1n) is 8.99. The van der Waals surface area contributed by atoms with E-state index in [1.807, 2.05) is 50.2 Å². The van der Waals surface area contributed by atoms with Gasteiger partial charge >= 0.3 is 6.09 Å². The Balaban J connectivity index is 1.53. The van der Waals surface area contributed by atoms with Gasteiger partial charge in [-0.15, -0.1) is 0 Å². The first-order chi connectivity index (χ1) is 11.9. The highest BCUT2D eigenvalue weighted by Crippen LogP contribution is 2.40. The molecular formula is C20H25N3O2. The molecule has 1 N–H and O–H groups in total. The van der Waals surface area contributed by atoms with Crippen molar-refractivity contribution in [2.24, 2.45) is 5.92 Å². The lowest BCUT2D eigenvalue weighted by atomic mass is 10.0. The molecule has 1 aliphatic carbocycles. The fourth-order valence-electron chi connectivity index (χ4n) is 4.14. The Kier molecular flexibility index (Phi) is 3.82. The highest BCUT2D eigenvalue weighted by molar-refractivity contribution is 5.92. The molecule has 2 aliphatic rings. The monoisotopic (exact) mass is 339 g/mol. The Labute approximate surface area is 148 Å². The molecule has 5 nitrogen and oxygen atoms in total. The van der Waals surface area contributed by atoms with E-state index in [2.05, 4.69) is 22.4 Å². The van der Waals surface area contributed by atoms with Gasteiger partial charge in [0, 0.05) is 29.6 Å². The molecule has 3 unspecified atom stereocenters. The van der Waals surface area contributed by atoms with Gasteiger partial charge in [-0.05, 0) is 39.5 Å². The Morgan fingerprint density at radius 3 is 2.80 bits per heavy atom. The summed E-state index contributed by atoms with van der Waals surface area (Å²) >= 11 is 0. The quantitative estimate of drug-likeness (QED) is 0.897. The smallest absolute Gasteiger partial charge is 0.410 e. The molecule has 1 saturated carbocycles. The number of hydrogen-bond acceptors (Lipinski definition) is 4. The molecule has 132 valence electrons. The van der Waals surface area contributed by atoms with Crippen LogP contribution in [0.15, 0.2) is 36.7 Å². The summed E-state index contributed by atoms with van der Waals surface area (Å²) in [6, 6.07) is 8.69. The van der Waals surface area contributed by atoms with Crippen molar-refractivity contribution < 1.29 is 9.53 Å². The zero-order valence-corrected chi connectivity index (χ0v) is 15.0. The van der Waals surface area contributed by atoms with Gasteiger partial charge in [-0.1, -0.05) is 24.3 Å². The topological polar surface area (TPSA) is 54.5 Å². The van der Waals surface area contributed by atoms with Crippen molar-refractivity contribution >= 4 is 22.6 Å². The van der Waals surface area contributed by atoms with Crippen molar-refractivity contribution in [3.8, 4) is 0 Å². The van der Waals surface area contributed by atoms with E-state index in [4.69, 9.17) is 4.74 Å². The highest BCUT2D eigenvalue weighted by atomic mass is 16.6. The van der Waals surface area contributed by atoms with Crippen LogP contribution in [0.25, 0.3) is 10.8 Å². The third-order valence-corrected chi connectivity index (χ3v) is 5.12. The lowest BCUT2D eigenvalue weighted by Gasteiger charge is -2.35. The second-order valence-electron chi connectivity index (χ2n) is 8.20. The standard InChI is InChI=1S/C20H25N3O2/c1-20(2,3)25-19(24)23-12-13-8-16(18(23)9-13)22-17-11-21-10-14-6-4-5-7-15(14)17/h4-7,10-11,13,16,18,22H,8-9,12H2,1-3H3. The second-order valence-corrected chi connectivity index (χ2v) is 8.20. The average Bonchev–Trinajstić information content (AvgIpc) is 3.14. The maximum Gasteiger partial charge on any atom is 0.410 e. The van der Waals surface area contributed by atoms with E-state index in [1.165, 1.54) is 5.39 Å². The van der Waals surface area contributed by atoms with Crippen molar-refractivity contribution in [2.75, 3.05) is 11.9 Å². The van der Waals surface area contributed by atoms with Gasteiger partial charge in [-0.3, -0.25) is 4.98 Å². The third-order valence-electron chi connectivity index (χ3n) is 5.12. The van der Waals surface area contributed by atoms with E-state index in [0.29, 0.717) is 5.92 Å². The maximum absolute atomic E-state index is 12.5. The van der Waals surface area contributed by atoms with Crippen LogP contribution in [0.2, 0.25) is 0 Å². The van der Waals surface area contributed by atoms with Gasteiger partial charge in [0.25, 0.3) is 0 Å². The van der Waals surface area contributed by atoms with Crippen molar-refractivity contribution in [2.45, 2.75) is 51.3 Å². The average molecular weight is 339 g/mol. The molecule has 1 amide bonds. The number of ether oxygens (including phenoxy) is 1. The number of pyridine rings is 1. The van der Waals surface area contributed by atoms with Crippen molar-refractivity contribution in [1.29, 1.82) is 0 Å². The lowest BCUT2D eigenvalue weighted by molar-refractivity contribution is 0.0180. The van der Waals surface area contributed by atoms with Gasteiger partial charge in [0.1, 0.15) is 5.60 Å². The number of nitrogens with zero attached hydrogens (tertiary/aromatic N) is 2. The van der Waals surface area contributed by atoms with Crippen LogP contribution in [0.1, 0.15) is 33.6 Å². The number of likely N-dealkylation sites (tertiary alicyclic amines) is 1. The SMILES string of the molecule is CC(C)(C)OC(=O)N1CC2CC(Nc3cncc4ccccc34)C1C2. The Morgan fingerprint density at radius 2 is 2.04 bits per heavy atom. The summed E-state index contributed by atoms with van der Waals surface area (Å²) in [5, 5.41) is 5.95. The predicted molar refractivity (Wildman–Crippen MR) is 98.6 cm³/mol. The van der Waals surface area contributed by atoms with Crippen LogP contribution >= 0.6 is 0 Å². The van der Waals surface area contributed by atoms with E-state index < -0.39 is 5.60 Å². The molecule has 2 heterocycles. The fraction of sp³-hybridized carbons (Fsp3) is 0.500. The summed E-state index contributed by atoms with van der Waals surface area (Å²) in [5.74, 6) is 0.554. The molecule has 1 aromatic heterocycles. The van der Waals surface area contributed by atoms with Gasteiger partial charge in [-0.2, -0.15) is 0 Å². The number of fused-ring (bicyclic) bond motifs is 3. The number of anilines is 1. The lowest BCUT2D eigenvalue weighted by Crippen LogP contribution is -2.49. The van der Waals surface area contributed by atoms with Crippen molar-refractivity contribution in [3.63, 3.8) is 0 Å². The van der Waals surface area contributed by atoms with E-state index in [1.54, 1.807) is 0 Å². The number of hydrogen-bond donors (Lipinski definition) is 1. The molecule has 1 saturated heterocycles. The van der Waals surface area contributed by atoms with Crippen LogP contribution in [0, 0.1) is 5.92 Å². The summed E-state index contributed by atoms with van der Waals surface area (Å²) < 4.78 is 5.59.